The van der Waals surface area contributed by atoms with Crippen LogP contribution in [-0.2, 0) is 31.4 Å². The summed E-state index contributed by atoms with van der Waals surface area (Å²) in [6.07, 6.45) is -3.91. The monoisotopic (exact) mass is 484 g/mol. The van der Waals surface area contributed by atoms with Crippen molar-refractivity contribution in [3.63, 3.8) is 0 Å². The summed E-state index contributed by atoms with van der Waals surface area (Å²) in [5.74, 6) is -5.51. The lowest BCUT2D eigenvalue weighted by atomic mass is 10.1. The molecule has 0 heterocycles. The number of nitrogens with one attached hydrogen (secondary N) is 1. The van der Waals surface area contributed by atoms with Crippen LogP contribution in [0.5, 0.6) is 0 Å². The van der Waals surface area contributed by atoms with Crippen molar-refractivity contribution in [3.05, 3.63) is 59.7 Å². The van der Waals surface area contributed by atoms with Crippen LogP contribution in [0.25, 0.3) is 0 Å². The van der Waals surface area contributed by atoms with Gasteiger partial charge in [-0.3, -0.25) is 4.79 Å². The number of primary sulfonamides is 1. The van der Waals surface area contributed by atoms with E-state index < -0.39 is 61.3 Å². The molecule has 0 saturated carbocycles. The molecule has 8 nitrogen and oxygen atoms in total. The van der Waals surface area contributed by atoms with Crippen molar-refractivity contribution >= 4 is 26.0 Å². The van der Waals surface area contributed by atoms with Crippen LogP contribution in [0.3, 0.4) is 0 Å². The quantitative estimate of drug-likeness (QED) is 0.522. The molecule has 0 aromatic heterocycles. The number of nitrogens with two attached hydrogens (primary N) is 1. The molecule has 1 amide bonds. The Morgan fingerprint density at radius 1 is 1.03 bits per heavy atom. The third-order valence-corrected chi connectivity index (χ3v) is 6.23. The largest absolute Gasteiger partial charge is 0.370 e. The average Bonchev–Trinajstić information content (AvgIpc) is 2.67. The SMILES string of the molecule is NS(=O)(=O)c1ccccc1S(=O)(=O)NC(=O)c1cccc(COCC(F)(F)C(F)F)c1. The van der Waals surface area contributed by atoms with Crippen LogP contribution in [0.15, 0.2) is 58.3 Å². The molecule has 0 atom stereocenters. The summed E-state index contributed by atoms with van der Waals surface area (Å²) in [6, 6.07) is 9.24. The minimum absolute atomic E-state index is 0.125. The van der Waals surface area contributed by atoms with Gasteiger partial charge in [0.1, 0.15) is 16.4 Å². The standard InChI is InChI=1S/C17H16F4N2O6S2/c18-16(19)17(20,21)10-29-9-11-4-3-5-12(8-11)15(24)23-31(27,28)14-7-2-1-6-13(14)30(22,25)26/h1-8,16H,9-10H2,(H,23,24)(H2,22,25,26). The van der Waals surface area contributed by atoms with Crippen LogP contribution in [0.2, 0.25) is 0 Å². The zero-order valence-corrected chi connectivity index (χ0v) is 17.1. The topological polar surface area (TPSA) is 133 Å². The smallest absolute Gasteiger partial charge is 0.330 e. The van der Waals surface area contributed by atoms with Gasteiger partial charge in [0.25, 0.3) is 15.9 Å². The number of hydrogen-bond donors (Lipinski definition) is 2. The van der Waals surface area contributed by atoms with E-state index in [-0.39, 0.29) is 11.1 Å². The molecule has 0 radical (unpaired) electrons. The van der Waals surface area contributed by atoms with Crippen LogP contribution in [-0.4, -0.2) is 41.7 Å². The molecular formula is C17H16F4N2O6S2. The van der Waals surface area contributed by atoms with E-state index in [2.05, 4.69) is 4.74 Å². The maximum Gasteiger partial charge on any atom is 0.330 e. The first-order valence-electron chi connectivity index (χ1n) is 8.26. The van der Waals surface area contributed by atoms with Crippen molar-refractivity contribution < 1.29 is 43.9 Å². The summed E-state index contributed by atoms with van der Waals surface area (Å²) in [5.41, 5.74) is -0.113. The second-order valence-corrected chi connectivity index (χ2v) is 9.36. The van der Waals surface area contributed by atoms with Gasteiger partial charge in [-0.05, 0) is 29.8 Å². The van der Waals surface area contributed by atoms with Gasteiger partial charge in [0.2, 0.25) is 10.0 Å². The molecule has 31 heavy (non-hydrogen) atoms. The normalized spacial score (nSPS) is 12.7. The van der Waals surface area contributed by atoms with E-state index in [1.54, 1.807) is 4.72 Å². The Morgan fingerprint density at radius 2 is 1.65 bits per heavy atom. The first-order chi connectivity index (χ1) is 14.2. The van der Waals surface area contributed by atoms with E-state index in [9.17, 15) is 39.2 Å². The Bertz CT molecular complexity index is 1170. The van der Waals surface area contributed by atoms with Gasteiger partial charge in [-0.1, -0.05) is 24.3 Å². The minimum Gasteiger partial charge on any atom is -0.370 e. The van der Waals surface area contributed by atoms with Crippen molar-refractivity contribution in [1.29, 1.82) is 0 Å². The highest BCUT2D eigenvalue weighted by Crippen LogP contribution is 2.23. The number of halogens is 4. The second-order valence-electron chi connectivity index (χ2n) is 6.18. The number of benzene rings is 2. The predicted octanol–water partition coefficient (Wildman–Crippen LogP) is 1.87. The zero-order chi connectivity index (χ0) is 23.4. The van der Waals surface area contributed by atoms with Gasteiger partial charge in [0.15, 0.2) is 0 Å². The number of carbonyl (C=O) groups is 1. The Morgan fingerprint density at radius 3 is 2.23 bits per heavy atom. The van der Waals surface area contributed by atoms with Gasteiger partial charge in [0, 0.05) is 5.56 Å². The molecule has 0 aliphatic rings. The Labute approximate surface area is 175 Å². The fourth-order valence-electron chi connectivity index (χ4n) is 2.31. The number of carbonyl (C=O) groups excluding carboxylic acids is 1. The summed E-state index contributed by atoms with van der Waals surface area (Å²) >= 11 is 0. The molecule has 170 valence electrons. The Hall–Kier alpha value is -2.55. The predicted molar refractivity (Wildman–Crippen MR) is 99.5 cm³/mol. The summed E-state index contributed by atoms with van der Waals surface area (Å²) in [6.45, 7) is -2.11. The van der Waals surface area contributed by atoms with E-state index in [0.717, 1.165) is 18.2 Å². The number of amides is 1. The van der Waals surface area contributed by atoms with Gasteiger partial charge in [-0.15, -0.1) is 0 Å². The minimum atomic E-state index is -4.65. The van der Waals surface area contributed by atoms with E-state index in [4.69, 9.17) is 5.14 Å². The highest BCUT2D eigenvalue weighted by atomic mass is 32.2. The molecule has 0 spiro atoms. The molecule has 0 saturated heterocycles. The molecule has 3 N–H and O–H groups in total. The number of hydrogen-bond acceptors (Lipinski definition) is 6. The molecule has 0 aliphatic heterocycles. The van der Waals surface area contributed by atoms with Crippen molar-refractivity contribution in [2.45, 2.75) is 28.7 Å². The van der Waals surface area contributed by atoms with Crippen LogP contribution in [0.1, 0.15) is 15.9 Å². The Balaban J connectivity index is 2.17. The summed E-state index contributed by atoms with van der Waals surface area (Å²) in [5, 5.41) is 4.99. The number of sulfonamides is 2. The van der Waals surface area contributed by atoms with Crippen molar-refractivity contribution in [2.24, 2.45) is 5.14 Å². The molecule has 14 heteroatoms. The third-order valence-electron chi connectivity index (χ3n) is 3.74. The molecule has 0 unspecified atom stereocenters. The lowest BCUT2D eigenvalue weighted by molar-refractivity contribution is -0.168. The maximum atomic E-state index is 12.9. The maximum absolute atomic E-state index is 12.9. The molecule has 0 bridgehead atoms. The lowest BCUT2D eigenvalue weighted by Gasteiger charge is -2.15. The molecule has 0 fully saturated rings. The number of alkyl halides is 4. The second kappa shape index (κ2) is 9.30. The summed E-state index contributed by atoms with van der Waals surface area (Å²) < 4.78 is 104. The highest BCUT2D eigenvalue weighted by Gasteiger charge is 2.40. The van der Waals surface area contributed by atoms with E-state index in [0.29, 0.717) is 0 Å². The van der Waals surface area contributed by atoms with Gasteiger partial charge < -0.3 is 4.74 Å². The van der Waals surface area contributed by atoms with Crippen molar-refractivity contribution in [2.75, 3.05) is 6.61 Å². The third kappa shape index (κ3) is 6.46. The highest BCUT2D eigenvalue weighted by molar-refractivity contribution is 7.92. The molecule has 2 aromatic carbocycles. The van der Waals surface area contributed by atoms with E-state index in [1.807, 2.05) is 0 Å². The fraction of sp³-hybridized carbons (Fsp3) is 0.235. The van der Waals surface area contributed by atoms with Crippen LogP contribution in [0.4, 0.5) is 17.6 Å². The van der Waals surface area contributed by atoms with Gasteiger partial charge in [-0.25, -0.2) is 35.5 Å². The summed E-state index contributed by atoms with van der Waals surface area (Å²) in [4.78, 5) is 10.9. The van der Waals surface area contributed by atoms with Gasteiger partial charge >= 0.3 is 12.3 Å². The van der Waals surface area contributed by atoms with Crippen LogP contribution in [0, 0.1) is 0 Å². The first-order valence-corrected chi connectivity index (χ1v) is 11.3. The van der Waals surface area contributed by atoms with Gasteiger partial charge in [-0.2, -0.15) is 8.78 Å². The van der Waals surface area contributed by atoms with E-state index in [1.165, 1.54) is 30.3 Å². The van der Waals surface area contributed by atoms with E-state index >= 15 is 0 Å². The van der Waals surface area contributed by atoms with Crippen LogP contribution >= 0.6 is 0 Å². The number of ether oxygens (including phenoxy) is 1. The molecule has 2 aromatic rings. The number of rotatable bonds is 9. The zero-order valence-electron chi connectivity index (χ0n) is 15.5. The van der Waals surface area contributed by atoms with Crippen molar-refractivity contribution in [1.82, 2.24) is 4.72 Å². The Kier molecular flexibility index (Phi) is 7.41. The molecule has 0 aliphatic carbocycles. The molecular weight excluding hydrogens is 468 g/mol. The molecule has 2 rings (SSSR count). The fourth-order valence-corrected chi connectivity index (χ4v) is 4.67. The van der Waals surface area contributed by atoms with Gasteiger partial charge in [0.05, 0.1) is 6.61 Å². The van der Waals surface area contributed by atoms with Crippen molar-refractivity contribution in [3.8, 4) is 0 Å². The average molecular weight is 484 g/mol. The summed E-state index contributed by atoms with van der Waals surface area (Å²) in [7, 11) is -9.07. The first kappa shape index (κ1) is 24.7. The lowest BCUT2D eigenvalue weighted by Crippen LogP contribution is -2.32. The van der Waals surface area contributed by atoms with Crippen LogP contribution < -0.4 is 9.86 Å².